The van der Waals surface area contributed by atoms with Gasteiger partial charge in [-0.2, -0.15) is 13.2 Å². The first-order chi connectivity index (χ1) is 15.9. The van der Waals surface area contributed by atoms with Crippen molar-refractivity contribution < 1.29 is 22.8 Å². The Morgan fingerprint density at radius 2 is 1.88 bits per heavy atom. The summed E-state index contributed by atoms with van der Waals surface area (Å²) in [6.07, 6.45) is 6.43. The maximum absolute atomic E-state index is 13.5. The molecule has 0 saturated heterocycles. The zero-order valence-electron chi connectivity index (χ0n) is 19.4. The fourth-order valence-corrected chi connectivity index (χ4v) is 8.14. The van der Waals surface area contributed by atoms with E-state index >= 15 is 0 Å². The maximum Gasteiger partial charge on any atom is 0.418 e. The van der Waals surface area contributed by atoms with Gasteiger partial charge in [-0.05, 0) is 79.9 Å². The van der Waals surface area contributed by atoms with Crippen LogP contribution in [-0.2, 0) is 11.0 Å². The van der Waals surface area contributed by atoms with Crippen LogP contribution in [0.15, 0.2) is 34.8 Å². The molecule has 3 amide bonds. The van der Waals surface area contributed by atoms with Crippen molar-refractivity contribution in [2.45, 2.75) is 71.0 Å². The molecule has 6 atom stereocenters. The molecule has 4 nitrogen and oxygen atoms in total. The molecule has 1 aliphatic heterocycles. The standard InChI is InChI=1S/C26H30BrF3N2O2/c1-24-11-3-4-17(24)16-6-8-21-25(2,18(16)9-12-24)13-10-22(33)32(21)23(34)31-20-14-15(27)5-7-19(20)26(28,29)30/h5,7,10,13-14,16-18,21H,3-4,6,8-9,11-12H2,1-2H3,(H,31,34)/t16-,17-,18-,21+,24-,25+/m0/s1. The molecule has 3 saturated carbocycles. The fourth-order valence-electron chi connectivity index (χ4n) is 7.77. The Labute approximate surface area is 206 Å². The summed E-state index contributed by atoms with van der Waals surface area (Å²) in [7, 11) is 0. The smallest absolute Gasteiger partial charge is 0.307 e. The second kappa shape index (κ2) is 8.10. The lowest BCUT2D eigenvalue weighted by Gasteiger charge is -2.59. The van der Waals surface area contributed by atoms with Crippen molar-refractivity contribution in [2.24, 2.45) is 28.6 Å². The topological polar surface area (TPSA) is 49.4 Å². The zero-order chi connectivity index (χ0) is 24.5. The lowest BCUT2D eigenvalue weighted by Crippen LogP contribution is -2.62. The molecule has 0 unspecified atom stereocenters. The third kappa shape index (κ3) is 3.71. The largest absolute Gasteiger partial charge is 0.418 e. The number of hydrogen-bond acceptors (Lipinski definition) is 2. The number of hydrogen-bond donors (Lipinski definition) is 1. The Hall–Kier alpha value is -1.83. The molecule has 1 aromatic carbocycles. The minimum Gasteiger partial charge on any atom is -0.307 e. The van der Waals surface area contributed by atoms with E-state index in [1.165, 1.54) is 42.4 Å². The minimum absolute atomic E-state index is 0.357. The van der Waals surface area contributed by atoms with Crippen LogP contribution >= 0.6 is 15.9 Å². The van der Waals surface area contributed by atoms with Gasteiger partial charge in [-0.3, -0.25) is 9.69 Å². The molecule has 34 heavy (non-hydrogen) atoms. The van der Waals surface area contributed by atoms with Crippen LogP contribution in [0.5, 0.6) is 0 Å². The average Bonchev–Trinajstić information content (AvgIpc) is 3.15. The number of anilines is 1. The van der Waals surface area contributed by atoms with Crippen molar-refractivity contribution in [2.75, 3.05) is 5.32 Å². The Morgan fingerprint density at radius 1 is 1.12 bits per heavy atom. The number of nitrogens with zero attached hydrogens (tertiary/aromatic N) is 1. The van der Waals surface area contributed by atoms with E-state index in [-0.39, 0.29) is 17.1 Å². The van der Waals surface area contributed by atoms with Crippen molar-refractivity contribution in [1.29, 1.82) is 0 Å². The zero-order valence-corrected chi connectivity index (χ0v) is 21.0. The highest BCUT2D eigenvalue weighted by atomic mass is 79.9. The number of urea groups is 1. The van der Waals surface area contributed by atoms with Crippen molar-refractivity contribution >= 4 is 33.6 Å². The molecule has 4 aliphatic rings. The minimum atomic E-state index is -4.63. The molecule has 8 heteroatoms. The van der Waals surface area contributed by atoms with E-state index in [0.717, 1.165) is 25.3 Å². The third-order valence-electron chi connectivity index (χ3n) is 9.39. The van der Waals surface area contributed by atoms with Gasteiger partial charge >= 0.3 is 12.2 Å². The monoisotopic (exact) mass is 538 g/mol. The number of carbonyl (C=O) groups excluding carboxylic acids is 2. The van der Waals surface area contributed by atoms with Crippen LogP contribution in [0.2, 0.25) is 0 Å². The highest BCUT2D eigenvalue weighted by molar-refractivity contribution is 9.10. The molecule has 5 rings (SSSR count). The van der Waals surface area contributed by atoms with Gasteiger partial charge in [-0.25, -0.2) is 4.79 Å². The Kier molecular flexibility index (Phi) is 5.69. The maximum atomic E-state index is 13.5. The highest BCUT2D eigenvalue weighted by Crippen LogP contribution is 2.64. The Bertz CT molecular complexity index is 1060. The number of carbonyl (C=O) groups is 2. The molecular weight excluding hydrogens is 509 g/mol. The summed E-state index contributed by atoms with van der Waals surface area (Å²) >= 11 is 3.18. The molecule has 0 bridgehead atoms. The van der Waals surface area contributed by atoms with Gasteiger partial charge in [-0.15, -0.1) is 0 Å². The second-order valence-electron chi connectivity index (χ2n) is 11.1. The van der Waals surface area contributed by atoms with E-state index in [2.05, 4.69) is 35.1 Å². The predicted octanol–water partition coefficient (Wildman–Crippen LogP) is 7.40. The average molecular weight is 539 g/mol. The van der Waals surface area contributed by atoms with E-state index in [0.29, 0.717) is 34.1 Å². The number of benzene rings is 1. The van der Waals surface area contributed by atoms with Crippen molar-refractivity contribution in [3.8, 4) is 0 Å². The van der Waals surface area contributed by atoms with Crippen LogP contribution in [-0.4, -0.2) is 22.9 Å². The van der Waals surface area contributed by atoms with E-state index in [9.17, 15) is 22.8 Å². The molecule has 1 N–H and O–H groups in total. The second-order valence-corrected chi connectivity index (χ2v) is 12.0. The molecule has 1 aromatic rings. The first kappa shape index (κ1) is 23.9. The molecule has 0 radical (unpaired) electrons. The lowest BCUT2D eigenvalue weighted by molar-refractivity contribution is -0.136. The first-order valence-electron chi connectivity index (χ1n) is 12.1. The molecular formula is C26H30BrF3N2O2. The molecule has 3 fully saturated rings. The summed E-state index contributed by atoms with van der Waals surface area (Å²) in [5, 5.41) is 2.41. The summed E-state index contributed by atoms with van der Waals surface area (Å²) in [5.74, 6) is 1.13. The van der Waals surface area contributed by atoms with E-state index in [1.807, 2.05) is 6.08 Å². The van der Waals surface area contributed by atoms with Crippen LogP contribution in [0.1, 0.15) is 64.4 Å². The van der Waals surface area contributed by atoms with Gasteiger partial charge in [0.15, 0.2) is 0 Å². The Balaban J connectivity index is 1.44. The van der Waals surface area contributed by atoms with E-state index in [4.69, 9.17) is 0 Å². The summed E-state index contributed by atoms with van der Waals surface area (Å²) in [6.45, 7) is 4.56. The summed E-state index contributed by atoms with van der Waals surface area (Å²) < 4.78 is 41.0. The molecule has 0 spiro atoms. The number of nitrogens with one attached hydrogen (secondary N) is 1. The van der Waals surface area contributed by atoms with Crippen LogP contribution in [0.4, 0.5) is 23.7 Å². The summed E-state index contributed by atoms with van der Waals surface area (Å²) in [4.78, 5) is 27.4. The normalized spacial score (nSPS) is 37.1. The molecule has 184 valence electrons. The van der Waals surface area contributed by atoms with Crippen LogP contribution in [0.25, 0.3) is 0 Å². The number of rotatable bonds is 1. The van der Waals surface area contributed by atoms with Crippen LogP contribution in [0.3, 0.4) is 0 Å². The summed E-state index contributed by atoms with van der Waals surface area (Å²) in [6, 6.07) is 2.27. The number of imide groups is 1. The third-order valence-corrected chi connectivity index (χ3v) is 9.88. The number of fused-ring (bicyclic) bond motifs is 5. The van der Waals surface area contributed by atoms with Crippen molar-refractivity contribution in [3.63, 3.8) is 0 Å². The van der Waals surface area contributed by atoms with Gasteiger partial charge in [0, 0.05) is 16.0 Å². The molecule has 0 aromatic heterocycles. The molecule has 1 heterocycles. The van der Waals surface area contributed by atoms with Gasteiger partial charge in [0.05, 0.1) is 17.3 Å². The van der Waals surface area contributed by atoms with Gasteiger partial charge in [0.1, 0.15) is 0 Å². The summed E-state index contributed by atoms with van der Waals surface area (Å²) in [5.41, 5.74) is -1.28. The highest BCUT2D eigenvalue weighted by Gasteiger charge is 2.59. The number of halogens is 4. The van der Waals surface area contributed by atoms with Gasteiger partial charge in [0.2, 0.25) is 0 Å². The van der Waals surface area contributed by atoms with Crippen molar-refractivity contribution in [1.82, 2.24) is 4.90 Å². The lowest BCUT2D eigenvalue weighted by atomic mass is 9.48. The van der Waals surface area contributed by atoms with Crippen LogP contribution < -0.4 is 5.32 Å². The predicted molar refractivity (Wildman–Crippen MR) is 127 cm³/mol. The first-order valence-corrected chi connectivity index (χ1v) is 12.9. The fraction of sp³-hybridized carbons (Fsp3) is 0.615. The Morgan fingerprint density at radius 3 is 2.62 bits per heavy atom. The number of amides is 3. The van der Waals surface area contributed by atoms with Crippen LogP contribution in [0, 0.1) is 28.6 Å². The SMILES string of the molecule is C[C@@]12CCC[C@H]1[C@@H]1CC[C@H]3N(C(=O)Nc4cc(Br)ccc4C(F)(F)F)C(=O)C=C[C@]3(C)[C@H]1CC2. The molecule has 3 aliphatic carbocycles. The van der Waals surface area contributed by atoms with Gasteiger partial charge in [0.25, 0.3) is 5.91 Å². The van der Waals surface area contributed by atoms with Gasteiger partial charge in [-0.1, -0.05) is 42.3 Å². The van der Waals surface area contributed by atoms with Gasteiger partial charge < -0.3 is 5.32 Å². The quantitative estimate of drug-likeness (QED) is 0.404. The van der Waals surface area contributed by atoms with Crippen molar-refractivity contribution in [3.05, 3.63) is 40.4 Å². The number of alkyl halides is 3. The van der Waals surface area contributed by atoms with E-state index < -0.39 is 23.7 Å². The van der Waals surface area contributed by atoms with E-state index in [1.54, 1.807) is 0 Å².